The third kappa shape index (κ3) is 5.13. The molecule has 1 N–H and O–H groups in total. The van der Waals surface area contributed by atoms with Gasteiger partial charge in [0.05, 0.1) is 0 Å². The number of carboxylic acids is 1. The van der Waals surface area contributed by atoms with Gasteiger partial charge in [0, 0.05) is 24.2 Å². The van der Waals surface area contributed by atoms with Gasteiger partial charge in [0.25, 0.3) is 0 Å². The van der Waals surface area contributed by atoms with Crippen molar-refractivity contribution in [3.05, 3.63) is 65.9 Å². The number of aliphatic carboxylic acids is 1. The molecule has 0 amide bonds. The van der Waals surface area contributed by atoms with Crippen molar-refractivity contribution in [3.63, 3.8) is 0 Å². The first kappa shape index (κ1) is 19.0. The third-order valence-electron chi connectivity index (χ3n) is 4.78. The average Bonchev–Trinajstić information content (AvgIpc) is 3.08. The van der Waals surface area contributed by atoms with Gasteiger partial charge in [-0.15, -0.1) is 0 Å². The molecule has 0 unspecified atom stereocenters. The Morgan fingerprint density at radius 1 is 1.04 bits per heavy atom. The number of nitrogens with zero attached hydrogens (tertiary/aromatic N) is 1. The van der Waals surface area contributed by atoms with Gasteiger partial charge in [0.15, 0.2) is 0 Å². The van der Waals surface area contributed by atoms with Crippen molar-refractivity contribution in [2.75, 3.05) is 0 Å². The number of ether oxygens (including phenoxy) is 1. The van der Waals surface area contributed by atoms with E-state index in [1.807, 2.05) is 12.1 Å². The summed E-state index contributed by atoms with van der Waals surface area (Å²) in [5.41, 5.74) is 3.62. The van der Waals surface area contributed by atoms with E-state index in [9.17, 15) is 4.79 Å². The lowest BCUT2D eigenvalue weighted by Crippen LogP contribution is -1.99. The first-order valence-corrected chi connectivity index (χ1v) is 9.56. The zero-order valence-corrected chi connectivity index (χ0v) is 16.0. The van der Waals surface area contributed by atoms with Gasteiger partial charge in [0.1, 0.15) is 12.4 Å². The van der Waals surface area contributed by atoms with Gasteiger partial charge in [-0.3, -0.25) is 4.79 Å². The lowest BCUT2D eigenvalue weighted by molar-refractivity contribution is -0.137. The molecule has 1 heterocycles. The summed E-state index contributed by atoms with van der Waals surface area (Å²) in [5.74, 6) is 0.127. The van der Waals surface area contributed by atoms with Crippen LogP contribution in [0.5, 0.6) is 5.75 Å². The van der Waals surface area contributed by atoms with Crippen LogP contribution in [0.25, 0.3) is 10.9 Å². The molecule has 0 aliphatic carbocycles. The summed E-state index contributed by atoms with van der Waals surface area (Å²) in [5, 5.41) is 9.90. The summed E-state index contributed by atoms with van der Waals surface area (Å²) in [6, 6.07) is 17.2. The normalized spacial score (nSPS) is 11.2. The van der Waals surface area contributed by atoms with E-state index in [2.05, 4.69) is 61.0 Å². The van der Waals surface area contributed by atoms with Crippen LogP contribution in [0.15, 0.2) is 54.7 Å². The van der Waals surface area contributed by atoms with Gasteiger partial charge in [-0.05, 0) is 80.0 Å². The summed E-state index contributed by atoms with van der Waals surface area (Å²) >= 11 is 0. The minimum absolute atomic E-state index is 0.242. The molecule has 0 radical (unpaired) electrons. The second-order valence-corrected chi connectivity index (χ2v) is 7.24. The van der Waals surface area contributed by atoms with E-state index in [4.69, 9.17) is 9.84 Å². The average molecular weight is 365 g/mol. The quantitative estimate of drug-likeness (QED) is 0.502. The highest BCUT2D eigenvalue weighted by Gasteiger charge is 2.05. The molecule has 3 rings (SSSR count). The molecule has 0 aliphatic heterocycles. The molecule has 0 atom stereocenters. The Balaban J connectivity index is 1.54. The molecular formula is C23H27NO3. The minimum atomic E-state index is -0.724. The van der Waals surface area contributed by atoms with Gasteiger partial charge in [-0.25, -0.2) is 0 Å². The zero-order valence-electron chi connectivity index (χ0n) is 16.0. The predicted octanol–water partition coefficient (Wildman–Crippen LogP) is 5.60. The molecular weight excluding hydrogens is 338 g/mol. The SMILES string of the molecule is CC(C)n1ccc2cc(COc3ccc(CCCCC(=O)O)cc3)ccc21. The highest BCUT2D eigenvalue weighted by molar-refractivity contribution is 5.81. The second-order valence-electron chi connectivity index (χ2n) is 7.24. The summed E-state index contributed by atoms with van der Waals surface area (Å²) in [7, 11) is 0. The van der Waals surface area contributed by atoms with Crippen molar-refractivity contribution in [1.29, 1.82) is 0 Å². The summed E-state index contributed by atoms with van der Waals surface area (Å²) in [6.45, 7) is 4.92. The fraction of sp³-hybridized carbons (Fsp3) is 0.348. The van der Waals surface area contributed by atoms with Gasteiger partial charge in [-0.2, -0.15) is 0 Å². The largest absolute Gasteiger partial charge is 0.489 e. The van der Waals surface area contributed by atoms with E-state index in [0.29, 0.717) is 19.1 Å². The highest BCUT2D eigenvalue weighted by atomic mass is 16.5. The first-order valence-electron chi connectivity index (χ1n) is 9.56. The van der Waals surface area contributed by atoms with Gasteiger partial charge in [0.2, 0.25) is 0 Å². The van der Waals surface area contributed by atoms with Crippen molar-refractivity contribution < 1.29 is 14.6 Å². The van der Waals surface area contributed by atoms with Crippen molar-refractivity contribution in [2.45, 2.75) is 52.2 Å². The monoisotopic (exact) mass is 365 g/mol. The number of fused-ring (bicyclic) bond motifs is 1. The smallest absolute Gasteiger partial charge is 0.303 e. The number of hydrogen-bond acceptors (Lipinski definition) is 2. The van der Waals surface area contributed by atoms with Crippen molar-refractivity contribution in [3.8, 4) is 5.75 Å². The van der Waals surface area contributed by atoms with Crippen LogP contribution in [0.1, 0.15) is 50.3 Å². The van der Waals surface area contributed by atoms with E-state index < -0.39 is 5.97 Å². The van der Waals surface area contributed by atoms with Crippen LogP contribution in [0, 0.1) is 0 Å². The number of aromatic nitrogens is 1. The Bertz CT molecular complexity index is 894. The molecule has 0 aliphatic rings. The van der Waals surface area contributed by atoms with E-state index in [1.54, 1.807) is 0 Å². The van der Waals surface area contributed by atoms with Gasteiger partial charge < -0.3 is 14.4 Å². The maximum absolute atomic E-state index is 10.5. The summed E-state index contributed by atoms with van der Waals surface area (Å²) in [4.78, 5) is 10.5. The fourth-order valence-electron chi connectivity index (χ4n) is 3.28. The van der Waals surface area contributed by atoms with E-state index >= 15 is 0 Å². The third-order valence-corrected chi connectivity index (χ3v) is 4.78. The molecule has 0 bridgehead atoms. The Kier molecular flexibility index (Phi) is 6.17. The maximum Gasteiger partial charge on any atom is 0.303 e. The first-order chi connectivity index (χ1) is 13.0. The highest BCUT2D eigenvalue weighted by Crippen LogP contribution is 2.22. The fourth-order valence-corrected chi connectivity index (χ4v) is 3.28. The Morgan fingerprint density at radius 3 is 2.48 bits per heavy atom. The van der Waals surface area contributed by atoms with Crippen molar-refractivity contribution in [2.24, 2.45) is 0 Å². The predicted molar refractivity (Wildman–Crippen MR) is 108 cm³/mol. The molecule has 0 fully saturated rings. The Labute approximate surface area is 160 Å². The lowest BCUT2D eigenvalue weighted by Gasteiger charge is -2.10. The van der Waals surface area contributed by atoms with Crippen LogP contribution in [-0.4, -0.2) is 15.6 Å². The molecule has 3 aromatic rings. The number of aryl methyl sites for hydroxylation is 1. The number of unbranched alkanes of at least 4 members (excludes halogenated alkanes) is 1. The molecule has 2 aromatic carbocycles. The van der Waals surface area contributed by atoms with Crippen LogP contribution in [-0.2, 0) is 17.8 Å². The van der Waals surface area contributed by atoms with Crippen LogP contribution < -0.4 is 4.74 Å². The number of benzene rings is 2. The van der Waals surface area contributed by atoms with Crippen LogP contribution in [0.3, 0.4) is 0 Å². The summed E-state index contributed by atoms with van der Waals surface area (Å²) in [6.07, 6.45) is 4.88. The molecule has 0 spiro atoms. The topological polar surface area (TPSA) is 51.5 Å². The molecule has 4 heteroatoms. The number of rotatable bonds is 9. The van der Waals surface area contributed by atoms with Crippen molar-refractivity contribution >= 4 is 16.9 Å². The van der Waals surface area contributed by atoms with E-state index in [-0.39, 0.29) is 6.42 Å². The standard InChI is InChI=1S/C23H27NO3/c1-17(2)24-14-13-20-15-19(9-12-22(20)24)16-27-21-10-7-18(8-11-21)5-3-4-6-23(25)26/h7-15,17H,3-6,16H2,1-2H3,(H,25,26). The van der Waals surface area contributed by atoms with Crippen LogP contribution in [0.4, 0.5) is 0 Å². The van der Waals surface area contributed by atoms with Gasteiger partial charge >= 0.3 is 5.97 Å². The molecule has 0 saturated carbocycles. The Hall–Kier alpha value is -2.75. The number of carbonyl (C=O) groups is 1. The molecule has 0 saturated heterocycles. The van der Waals surface area contributed by atoms with Crippen molar-refractivity contribution in [1.82, 2.24) is 4.57 Å². The van der Waals surface area contributed by atoms with Crippen LogP contribution in [0.2, 0.25) is 0 Å². The number of hydrogen-bond donors (Lipinski definition) is 1. The summed E-state index contributed by atoms with van der Waals surface area (Å²) < 4.78 is 8.20. The van der Waals surface area contributed by atoms with Crippen LogP contribution >= 0.6 is 0 Å². The maximum atomic E-state index is 10.5. The molecule has 142 valence electrons. The minimum Gasteiger partial charge on any atom is -0.489 e. The van der Waals surface area contributed by atoms with E-state index in [1.165, 1.54) is 16.5 Å². The second kappa shape index (κ2) is 8.76. The molecule has 1 aromatic heterocycles. The van der Waals surface area contributed by atoms with E-state index in [0.717, 1.165) is 24.2 Å². The zero-order chi connectivity index (χ0) is 19.2. The Morgan fingerprint density at radius 2 is 1.78 bits per heavy atom. The number of carboxylic acid groups (broad SMARTS) is 1. The van der Waals surface area contributed by atoms with Gasteiger partial charge in [-0.1, -0.05) is 18.2 Å². The lowest BCUT2D eigenvalue weighted by atomic mass is 10.1. The molecule has 4 nitrogen and oxygen atoms in total. The molecule has 27 heavy (non-hydrogen) atoms.